The first-order valence-electron chi connectivity index (χ1n) is 8.81. The Bertz CT molecular complexity index is 895. The Kier molecular flexibility index (Phi) is 5.32. The molecule has 6 heteroatoms. The normalized spacial score (nSPS) is 16.4. The van der Waals surface area contributed by atoms with E-state index in [0.29, 0.717) is 24.2 Å². The number of nitrogens with zero attached hydrogens (tertiary/aromatic N) is 1. The van der Waals surface area contributed by atoms with Crippen molar-refractivity contribution in [1.29, 1.82) is 0 Å². The van der Waals surface area contributed by atoms with Crippen LogP contribution in [0.15, 0.2) is 48.5 Å². The van der Waals surface area contributed by atoms with E-state index in [9.17, 15) is 13.2 Å². The van der Waals surface area contributed by atoms with Crippen molar-refractivity contribution in [3.63, 3.8) is 0 Å². The highest BCUT2D eigenvalue weighted by Gasteiger charge is 2.32. The standard InChI is InChI=1S/C20H24N2O3S/c1-15-13-18-14-17(10-11-19(18)22(15)26(2,24)25)20(23)21-12-6-9-16-7-4-3-5-8-16/h3-5,7-8,10-11,14-15H,6,9,12-13H2,1-2H3,(H,21,23). The monoisotopic (exact) mass is 372 g/mol. The van der Waals surface area contributed by atoms with Crippen LogP contribution in [-0.4, -0.2) is 33.2 Å². The molecular formula is C20H24N2O3S. The average Bonchev–Trinajstić information content (AvgIpc) is 2.94. The Balaban J connectivity index is 1.60. The van der Waals surface area contributed by atoms with Gasteiger partial charge in [0.25, 0.3) is 5.91 Å². The molecule has 26 heavy (non-hydrogen) atoms. The second-order valence-electron chi connectivity index (χ2n) is 6.80. The van der Waals surface area contributed by atoms with Gasteiger partial charge in [-0.1, -0.05) is 30.3 Å². The zero-order valence-corrected chi connectivity index (χ0v) is 15.9. The molecule has 2 aromatic carbocycles. The van der Waals surface area contributed by atoms with Crippen LogP contribution in [0.25, 0.3) is 0 Å². The predicted octanol–water partition coefficient (Wildman–Crippen LogP) is 2.76. The summed E-state index contributed by atoms with van der Waals surface area (Å²) in [7, 11) is -3.31. The Morgan fingerprint density at radius 1 is 1.19 bits per heavy atom. The van der Waals surface area contributed by atoms with Gasteiger partial charge < -0.3 is 5.32 Å². The van der Waals surface area contributed by atoms with Crippen molar-refractivity contribution < 1.29 is 13.2 Å². The number of nitrogens with one attached hydrogen (secondary N) is 1. The molecular weight excluding hydrogens is 348 g/mol. The molecule has 1 aliphatic rings. The average molecular weight is 372 g/mol. The topological polar surface area (TPSA) is 66.5 Å². The quantitative estimate of drug-likeness (QED) is 0.793. The van der Waals surface area contributed by atoms with Crippen LogP contribution in [0.1, 0.15) is 34.8 Å². The molecule has 0 aromatic heterocycles. The summed E-state index contributed by atoms with van der Waals surface area (Å²) in [4.78, 5) is 12.4. The number of carbonyl (C=O) groups is 1. The summed E-state index contributed by atoms with van der Waals surface area (Å²) in [5, 5.41) is 2.94. The number of anilines is 1. The first kappa shape index (κ1) is 18.5. The lowest BCUT2D eigenvalue weighted by atomic mass is 10.1. The van der Waals surface area contributed by atoms with E-state index in [1.54, 1.807) is 12.1 Å². The van der Waals surface area contributed by atoms with E-state index in [-0.39, 0.29) is 11.9 Å². The number of aryl methyl sites for hydroxylation is 1. The van der Waals surface area contributed by atoms with Gasteiger partial charge in [0.15, 0.2) is 0 Å². The minimum absolute atomic E-state index is 0.119. The Labute approximate surface area is 155 Å². The van der Waals surface area contributed by atoms with E-state index in [2.05, 4.69) is 17.4 Å². The van der Waals surface area contributed by atoms with Crippen molar-refractivity contribution in [2.24, 2.45) is 0 Å². The fourth-order valence-electron chi connectivity index (χ4n) is 3.49. The number of hydrogen-bond acceptors (Lipinski definition) is 3. The van der Waals surface area contributed by atoms with E-state index in [1.807, 2.05) is 31.2 Å². The van der Waals surface area contributed by atoms with Gasteiger partial charge in [0.1, 0.15) is 0 Å². The summed E-state index contributed by atoms with van der Waals surface area (Å²) in [6.45, 7) is 2.49. The Morgan fingerprint density at radius 2 is 1.92 bits per heavy atom. The summed E-state index contributed by atoms with van der Waals surface area (Å²) in [6.07, 6.45) is 3.63. The highest BCUT2D eigenvalue weighted by Crippen LogP contribution is 2.34. The third-order valence-electron chi connectivity index (χ3n) is 4.62. The predicted molar refractivity (Wildman–Crippen MR) is 104 cm³/mol. The zero-order valence-electron chi connectivity index (χ0n) is 15.1. The van der Waals surface area contributed by atoms with E-state index < -0.39 is 10.0 Å². The van der Waals surface area contributed by atoms with Crippen LogP contribution in [-0.2, 0) is 22.9 Å². The van der Waals surface area contributed by atoms with E-state index in [4.69, 9.17) is 0 Å². The van der Waals surface area contributed by atoms with Crippen molar-refractivity contribution in [3.8, 4) is 0 Å². The van der Waals surface area contributed by atoms with E-state index in [1.165, 1.54) is 16.1 Å². The Morgan fingerprint density at radius 3 is 2.62 bits per heavy atom. The van der Waals surface area contributed by atoms with E-state index >= 15 is 0 Å². The largest absolute Gasteiger partial charge is 0.352 e. The SMILES string of the molecule is CC1Cc2cc(C(=O)NCCCc3ccccc3)ccc2N1S(C)(=O)=O. The molecule has 0 saturated carbocycles. The van der Waals surface area contributed by atoms with Crippen molar-refractivity contribution in [2.75, 3.05) is 17.1 Å². The summed E-state index contributed by atoms with van der Waals surface area (Å²) >= 11 is 0. The fraction of sp³-hybridized carbons (Fsp3) is 0.350. The molecule has 5 nitrogen and oxygen atoms in total. The number of benzene rings is 2. The van der Waals surface area contributed by atoms with Gasteiger partial charge in [-0.3, -0.25) is 9.10 Å². The third kappa shape index (κ3) is 4.07. The second kappa shape index (κ2) is 7.50. The van der Waals surface area contributed by atoms with Gasteiger partial charge in [-0.15, -0.1) is 0 Å². The number of rotatable bonds is 6. The summed E-state index contributed by atoms with van der Waals surface area (Å²) in [5.74, 6) is -0.119. The third-order valence-corrected chi connectivity index (χ3v) is 5.89. The Hall–Kier alpha value is -2.34. The van der Waals surface area contributed by atoms with Crippen molar-refractivity contribution in [1.82, 2.24) is 5.32 Å². The van der Waals surface area contributed by atoms with Crippen LogP contribution in [0.2, 0.25) is 0 Å². The molecule has 3 rings (SSSR count). The lowest BCUT2D eigenvalue weighted by Crippen LogP contribution is -2.34. The summed E-state index contributed by atoms with van der Waals surface area (Å²) in [5.41, 5.74) is 3.42. The number of sulfonamides is 1. The molecule has 0 saturated heterocycles. The molecule has 138 valence electrons. The maximum Gasteiger partial charge on any atom is 0.251 e. The fourth-order valence-corrected chi connectivity index (χ4v) is 4.75. The van der Waals surface area contributed by atoms with Gasteiger partial charge in [-0.25, -0.2) is 8.42 Å². The minimum atomic E-state index is -3.31. The van der Waals surface area contributed by atoms with Gasteiger partial charge in [0.05, 0.1) is 11.9 Å². The number of carbonyl (C=O) groups excluding carboxylic acids is 1. The lowest BCUT2D eigenvalue weighted by Gasteiger charge is -2.21. The molecule has 1 unspecified atom stereocenters. The zero-order chi connectivity index (χ0) is 18.7. The molecule has 1 heterocycles. The van der Waals surface area contributed by atoms with Crippen LogP contribution in [0.4, 0.5) is 5.69 Å². The molecule has 0 fully saturated rings. The van der Waals surface area contributed by atoms with Gasteiger partial charge in [-0.2, -0.15) is 0 Å². The van der Waals surface area contributed by atoms with Gasteiger partial charge >= 0.3 is 0 Å². The van der Waals surface area contributed by atoms with Crippen molar-refractivity contribution in [3.05, 3.63) is 65.2 Å². The van der Waals surface area contributed by atoms with Gasteiger partial charge in [-0.05, 0) is 55.5 Å². The van der Waals surface area contributed by atoms with Crippen LogP contribution >= 0.6 is 0 Å². The molecule has 0 aliphatic carbocycles. The molecule has 1 amide bonds. The highest BCUT2D eigenvalue weighted by atomic mass is 32.2. The number of hydrogen-bond donors (Lipinski definition) is 1. The molecule has 0 bridgehead atoms. The van der Waals surface area contributed by atoms with Gasteiger partial charge in [0.2, 0.25) is 10.0 Å². The molecule has 1 atom stereocenters. The summed E-state index contributed by atoms with van der Waals surface area (Å²) < 4.78 is 25.4. The lowest BCUT2D eigenvalue weighted by molar-refractivity contribution is 0.0953. The van der Waals surface area contributed by atoms with Crippen molar-refractivity contribution in [2.45, 2.75) is 32.2 Å². The minimum Gasteiger partial charge on any atom is -0.352 e. The molecule has 1 N–H and O–H groups in total. The molecule has 0 radical (unpaired) electrons. The second-order valence-corrected chi connectivity index (χ2v) is 8.66. The number of amides is 1. The molecule has 1 aliphatic heterocycles. The van der Waals surface area contributed by atoms with Crippen LogP contribution in [0, 0.1) is 0 Å². The molecule has 2 aromatic rings. The summed E-state index contributed by atoms with van der Waals surface area (Å²) in [6, 6.07) is 15.3. The maximum absolute atomic E-state index is 12.4. The van der Waals surface area contributed by atoms with E-state index in [0.717, 1.165) is 18.4 Å². The smallest absolute Gasteiger partial charge is 0.251 e. The van der Waals surface area contributed by atoms with Crippen molar-refractivity contribution >= 4 is 21.6 Å². The van der Waals surface area contributed by atoms with Crippen LogP contribution in [0.3, 0.4) is 0 Å². The van der Waals surface area contributed by atoms with Crippen LogP contribution in [0.5, 0.6) is 0 Å². The molecule has 0 spiro atoms. The number of fused-ring (bicyclic) bond motifs is 1. The highest BCUT2D eigenvalue weighted by molar-refractivity contribution is 7.92. The first-order chi connectivity index (χ1) is 12.4. The van der Waals surface area contributed by atoms with Gasteiger partial charge in [0, 0.05) is 18.2 Å². The maximum atomic E-state index is 12.4. The first-order valence-corrected chi connectivity index (χ1v) is 10.7. The van der Waals surface area contributed by atoms with Crippen LogP contribution < -0.4 is 9.62 Å².